The fraction of sp³-hybridized carbons (Fsp3) is 0.318. The SMILES string of the molecule is COCC(=O)Nc1cccc(C(=O)CC2=NC(C)(C)c3ccc(OC)cc32)c1. The molecule has 2 aromatic carbocycles. The quantitative estimate of drug-likeness (QED) is 0.745. The Balaban J connectivity index is 1.82. The Morgan fingerprint density at radius 3 is 2.61 bits per heavy atom. The molecule has 1 aliphatic rings. The van der Waals surface area contributed by atoms with Crippen molar-refractivity contribution in [2.45, 2.75) is 25.8 Å². The van der Waals surface area contributed by atoms with E-state index in [4.69, 9.17) is 14.5 Å². The first-order chi connectivity index (χ1) is 13.3. The zero-order valence-corrected chi connectivity index (χ0v) is 16.5. The molecule has 6 heteroatoms. The van der Waals surface area contributed by atoms with Crippen LogP contribution in [0.1, 0.15) is 41.8 Å². The summed E-state index contributed by atoms with van der Waals surface area (Å²) in [6.45, 7) is 4.02. The third-order valence-electron chi connectivity index (χ3n) is 4.68. The highest BCUT2D eigenvalue weighted by atomic mass is 16.5. The van der Waals surface area contributed by atoms with Crippen LogP contribution in [0, 0.1) is 0 Å². The molecule has 6 nitrogen and oxygen atoms in total. The second-order valence-corrected chi connectivity index (χ2v) is 7.19. The predicted molar refractivity (Wildman–Crippen MR) is 108 cm³/mol. The van der Waals surface area contributed by atoms with Crippen LogP contribution in [0.15, 0.2) is 47.5 Å². The van der Waals surface area contributed by atoms with Gasteiger partial charge in [0.25, 0.3) is 0 Å². The second-order valence-electron chi connectivity index (χ2n) is 7.19. The lowest BCUT2D eigenvalue weighted by Crippen LogP contribution is -2.17. The molecule has 0 fully saturated rings. The number of hydrogen-bond acceptors (Lipinski definition) is 5. The predicted octanol–water partition coefficient (Wildman–Crippen LogP) is 3.59. The van der Waals surface area contributed by atoms with E-state index in [9.17, 15) is 9.59 Å². The molecule has 0 saturated heterocycles. The lowest BCUT2D eigenvalue weighted by atomic mass is 9.91. The van der Waals surface area contributed by atoms with Crippen LogP contribution in [-0.4, -0.2) is 38.2 Å². The van der Waals surface area contributed by atoms with E-state index in [0.29, 0.717) is 11.3 Å². The van der Waals surface area contributed by atoms with Gasteiger partial charge in [0, 0.05) is 23.9 Å². The van der Waals surface area contributed by atoms with Crippen molar-refractivity contribution in [1.29, 1.82) is 0 Å². The van der Waals surface area contributed by atoms with Crippen LogP contribution in [0.4, 0.5) is 5.69 Å². The average Bonchev–Trinajstić information content (AvgIpc) is 2.91. The minimum Gasteiger partial charge on any atom is -0.497 e. The summed E-state index contributed by atoms with van der Waals surface area (Å²) in [4.78, 5) is 29.4. The van der Waals surface area contributed by atoms with Crippen molar-refractivity contribution in [1.82, 2.24) is 0 Å². The average molecular weight is 380 g/mol. The number of benzene rings is 2. The van der Waals surface area contributed by atoms with Crippen molar-refractivity contribution in [2.24, 2.45) is 4.99 Å². The van der Waals surface area contributed by atoms with Crippen molar-refractivity contribution in [3.8, 4) is 5.75 Å². The summed E-state index contributed by atoms with van der Waals surface area (Å²) in [5.74, 6) is 0.405. The van der Waals surface area contributed by atoms with E-state index < -0.39 is 0 Å². The van der Waals surface area contributed by atoms with E-state index >= 15 is 0 Å². The highest BCUT2D eigenvalue weighted by molar-refractivity contribution is 6.18. The van der Waals surface area contributed by atoms with Crippen LogP contribution < -0.4 is 10.1 Å². The van der Waals surface area contributed by atoms with Crippen LogP contribution in [0.3, 0.4) is 0 Å². The molecule has 0 bridgehead atoms. The van der Waals surface area contributed by atoms with Crippen LogP contribution in [0.2, 0.25) is 0 Å². The molecule has 0 atom stereocenters. The van der Waals surface area contributed by atoms with Crippen molar-refractivity contribution in [3.05, 3.63) is 59.2 Å². The number of carbonyl (C=O) groups is 2. The number of amides is 1. The number of hydrogen-bond donors (Lipinski definition) is 1. The molecule has 0 saturated carbocycles. The van der Waals surface area contributed by atoms with Gasteiger partial charge in [-0.2, -0.15) is 0 Å². The van der Waals surface area contributed by atoms with E-state index in [-0.39, 0.29) is 30.3 Å². The van der Waals surface area contributed by atoms with Crippen molar-refractivity contribution in [3.63, 3.8) is 0 Å². The summed E-state index contributed by atoms with van der Waals surface area (Å²) < 4.78 is 10.1. The summed E-state index contributed by atoms with van der Waals surface area (Å²) in [6, 6.07) is 12.7. The van der Waals surface area contributed by atoms with Crippen LogP contribution >= 0.6 is 0 Å². The van der Waals surface area contributed by atoms with Gasteiger partial charge in [-0.1, -0.05) is 18.2 Å². The molecule has 1 aliphatic heterocycles. The van der Waals surface area contributed by atoms with E-state index in [1.54, 1.807) is 31.4 Å². The number of ketones is 1. The Kier molecular flexibility index (Phi) is 5.61. The fourth-order valence-corrected chi connectivity index (χ4v) is 3.37. The molecule has 0 aromatic heterocycles. The maximum Gasteiger partial charge on any atom is 0.250 e. The van der Waals surface area contributed by atoms with Gasteiger partial charge in [-0.3, -0.25) is 14.6 Å². The molecule has 1 N–H and O–H groups in total. The van der Waals surface area contributed by atoms with Gasteiger partial charge in [-0.15, -0.1) is 0 Å². The molecule has 1 amide bonds. The monoisotopic (exact) mass is 380 g/mol. The number of carbonyl (C=O) groups excluding carboxylic acids is 2. The Hall–Kier alpha value is -2.99. The molecule has 0 radical (unpaired) electrons. The first-order valence-corrected chi connectivity index (χ1v) is 9.03. The zero-order valence-electron chi connectivity index (χ0n) is 16.5. The normalized spacial score (nSPS) is 14.2. The summed E-state index contributed by atoms with van der Waals surface area (Å²) in [7, 11) is 3.07. The Labute approximate surface area is 164 Å². The van der Waals surface area contributed by atoms with E-state index in [1.165, 1.54) is 7.11 Å². The van der Waals surface area contributed by atoms with Crippen LogP contribution in [0.5, 0.6) is 5.75 Å². The number of fused-ring (bicyclic) bond motifs is 1. The number of nitrogens with one attached hydrogen (secondary N) is 1. The molecule has 0 spiro atoms. The van der Waals surface area contributed by atoms with Crippen LogP contribution in [0.25, 0.3) is 0 Å². The van der Waals surface area contributed by atoms with Gasteiger partial charge in [0.05, 0.1) is 24.8 Å². The van der Waals surface area contributed by atoms with E-state index in [0.717, 1.165) is 22.6 Å². The number of Topliss-reactive ketones (excluding diaryl/α,β-unsaturated/α-hetero) is 1. The molecular formula is C22H24N2O4. The Bertz CT molecular complexity index is 947. The third kappa shape index (κ3) is 4.12. The summed E-state index contributed by atoms with van der Waals surface area (Å²) in [6.07, 6.45) is 0.180. The van der Waals surface area contributed by atoms with Gasteiger partial charge in [-0.25, -0.2) is 0 Å². The van der Waals surface area contributed by atoms with Gasteiger partial charge < -0.3 is 14.8 Å². The van der Waals surface area contributed by atoms with Crippen molar-refractivity contribution in [2.75, 3.05) is 26.1 Å². The highest BCUT2D eigenvalue weighted by Gasteiger charge is 2.32. The minimum absolute atomic E-state index is 0.0390. The Morgan fingerprint density at radius 1 is 1.11 bits per heavy atom. The number of anilines is 1. The maximum absolute atomic E-state index is 12.9. The van der Waals surface area contributed by atoms with Gasteiger partial charge in [0.15, 0.2) is 5.78 Å². The third-order valence-corrected chi connectivity index (χ3v) is 4.68. The summed E-state index contributed by atoms with van der Waals surface area (Å²) in [5.41, 5.74) is 3.47. The smallest absolute Gasteiger partial charge is 0.250 e. The lowest BCUT2D eigenvalue weighted by Gasteiger charge is -2.16. The second kappa shape index (κ2) is 7.94. The van der Waals surface area contributed by atoms with Gasteiger partial charge in [-0.05, 0) is 43.7 Å². The lowest BCUT2D eigenvalue weighted by molar-refractivity contribution is -0.119. The minimum atomic E-state index is -0.382. The first-order valence-electron chi connectivity index (χ1n) is 9.03. The van der Waals surface area contributed by atoms with E-state index in [1.807, 2.05) is 32.0 Å². The molecule has 2 aromatic rings. The number of rotatable bonds is 7. The van der Waals surface area contributed by atoms with Crippen molar-refractivity contribution < 1.29 is 19.1 Å². The molecular weight excluding hydrogens is 356 g/mol. The van der Waals surface area contributed by atoms with Gasteiger partial charge >= 0.3 is 0 Å². The Morgan fingerprint density at radius 2 is 1.89 bits per heavy atom. The molecule has 146 valence electrons. The van der Waals surface area contributed by atoms with Crippen LogP contribution in [-0.2, 0) is 15.1 Å². The van der Waals surface area contributed by atoms with Gasteiger partial charge in [0.1, 0.15) is 12.4 Å². The summed E-state index contributed by atoms with van der Waals surface area (Å²) >= 11 is 0. The molecule has 3 rings (SSSR count). The number of ether oxygens (including phenoxy) is 2. The standard InChI is InChI=1S/C22H24N2O4/c1-22(2)18-9-8-16(28-4)11-17(18)19(24-22)12-20(25)14-6-5-7-15(10-14)23-21(26)13-27-3/h5-11H,12-13H2,1-4H3,(H,23,26). The summed E-state index contributed by atoms with van der Waals surface area (Å²) in [5, 5.41) is 2.71. The maximum atomic E-state index is 12.9. The fourth-order valence-electron chi connectivity index (χ4n) is 3.37. The zero-order chi connectivity index (χ0) is 20.3. The molecule has 0 aliphatic carbocycles. The highest BCUT2D eigenvalue weighted by Crippen LogP contribution is 2.37. The number of nitrogens with zero attached hydrogens (tertiary/aromatic N) is 1. The molecule has 0 unspecified atom stereocenters. The van der Waals surface area contributed by atoms with Crippen molar-refractivity contribution >= 4 is 23.1 Å². The van der Waals surface area contributed by atoms with Gasteiger partial charge in [0.2, 0.25) is 5.91 Å². The topological polar surface area (TPSA) is 77.0 Å². The number of methoxy groups -OCH3 is 2. The number of aliphatic imine (C=N–C) groups is 1. The molecule has 1 heterocycles. The van der Waals surface area contributed by atoms with E-state index in [2.05, 4.69) is 5.32 Å². The molecule has 28 heavy (non-hydrogen) atoms. The largest absolute Gasteiger partial charge is 0.497 e. The first kappa shape index (κ1) is 19.8.